The third-order valence-corrected chi connectivity index (χ3v) is 6.29. The molecule has 4 nitrogen and oxygen atoms in total. The molecule has 0 radical (unpaired) electrons. The number of thioether (sulfide) groups is 1. The van der Waals surface area contributed by atoms with E-state index in [1.807, 2.05) is 17.0 Å². The molecule has 0 unspecified atom stereocenters. The molecule has 2 aliphatic rings. The van der Waals surface area contributed by atoms with Crippen LogP contribution in [0.2, 0.25) is 5.02 Å². The van der Waals surface area contributed by atoms with E-state index in [0.717, 1.165) is 30.8 Å². The Balaban J connectivity index is 1.67. The van der Waals surface area contributed by atoms with Crippen LogP contribution in [0.3, 0.4) is 0 Å². The van der Waals surface area contributed by atoms with Gasteiger partial charge in [0, 0.05) is 28.6 Å². The number of fused-ring (bicyclic) bond motifs is 1. The van der Waals surface area contributed by atoms with Crippen molar-refractivity contribution in [1.82, 2.24) is 4.90 Å². The van der Waals surface area contributed by atoms with Crippen molar-refractivity contribution < 1.29 is 14.0 Å². The Labute approximate surface area is 166 Å². The molecule has 0 aliphatic carbocycles. The number of anilines is 1. The number of amides is 2. The van der Waals surface area contributed by atoms with Gasteiger partial charge in [-0.3, -0.25) is 9.59 Å². The summed E-state index contributed by atoms with van der Waals surface area (Å²) in [7, 11) is 0. The first-order valence-electron chi connectivity index (χ1n) is 8.83. The quantitative estimate of drug-likeness (QED) is 0.763. The summed E-state index contributed by atoms with van der Waals surface area (Å²) in [5, 5.41) is 0.284. The number of likely N-dealkylation sites (tertiary alicyclic amines) is 1. The largest absolute Gasteiger partial charge is 0.339 e. The SMILES string of the molecule is O=C(c1ccc2c(c1)N(Cc1ccc(F)cc1Cl)C(=O)CS2)N1CCCC1. The van der Waals surface area contributed by atoms with Crippen LogP contribution in [0.5, 0.6) is 0 Å². The first kappa shape index (κ1) is 18.3. The zero-order valence-corrected chi connectivity index (χ0v) is 16.2. The van der Waals surface area contributed by atoms with Gasteiger partial charge < -0.3 is 9.80 Å². The molecule has 4 rings (SSSR count). The Morgan fingerprint density at radius 2 is 1.93 bits per heavy atom. The minimum Gasteiger partial charge on any atom is -0.339 e. The van der Waals surface area contributed by atoms with Crippen molar-refractivity contribution in [2.75, 3.05) is 23.7 Å². The number of hydrogen-bond acceptors (Lipinski definition) is 3. The summed E-state index contributed by atoms with van der Waals surface area (Å²) in [4.78, 5) is 29.7. The smallest absolute Gasteiger partial charge is 0.253 e. The van der Waals surface area contributed by atoms with Gasteiger partial charge in [0.1, 0.15) is 5.82 Å². The summed E-state index contributed by atoms with van der Waals surface area (Å²) in [6.45, 7) is 1.80. The third kappa shape index (κ3) is 3.69. The number of rotatable bonds is 3. The maximum atomic E-state index is 13.3. The van der Waals surface area contributed by atoms with E-state index >= 15 is 0 Å². The van der Waals surface area contributed by atoms with Gasteiger partial charge in [0.05, 0.1) is 18.0 Å². The van der Waals surface area contributed by atoms with Crippen LogP contribution in [0.1, 0.15) is 28.8 Å². The Morgan fingerprint density at radius 1 is 1.15 bits per heavy atom. The number of carbonyl (C=O) groups is 2. The van der Waals surface area contributed by atoms with E-state index in [9.17, 15) is 14.0 Å². The second-order valence-corrected chi connectivity index (χ2v) is 8.11. The summed E-state index contributed by atoms with van der Waals surface area (Å²) in [6.07, 6.45) is 2.06. The van der Waals surface area contributed by atoms with Gasteiger partial charge in [-0.1, -0.05) is 17.7 Å². The standard InChI is InChI=1S/C20H18ClFN2O2S/c21-16-10-15(22)5-3-14(16)11-24-17-9-13(20(26)23-7-1-2-8-23)4-6-18(17)27-12-19(24)25/h3-6,9-10H,1-2,7-8,11-12H2. The van der Waals surface area contributed by atoms with E-state index in [-0.39, 0.29) is 23.4 Å². The molecule has 140 valence electrons. The maximum Gasteiger partial charge on any atom is 0.253 e. The van der Waals surface area contributed by atoms with Gasteiger partial charge in [-0.2, -0.15) is 0 Å². The van der Waals surface area contributed by atoms with E-state index in [1.165, 1.54) is 23.9 Å². The summed E-state index contributed by atoms with van der Waals surface area (Å²) >= 11 is 7.61. The molecule has 2 aromatic carbocycles. The Kier molecular flexibility index (Phi) is 5.10. The van der Waals surface area contributed by atoms with Crippen molar-refractivity contribution in [2.24, 2.45) is 0 Å². The molecule has 0 aromatic heterocycles. The molecule has 0 saturated carbocycles. The predicted octanol–water partition coefficient (Wildman–Crippen LogP) is 4.35. The Hall–Kier alpha value is -2.05. The van der Waals surface area contributed by atoms with Crippen molar-refractivity contribution >= 4 is 40.9 Å². The molecule has 1 saturated heterocycles. The van der Waals surface area contributed by atoms with Crippen molar-refractivity contribution in [3.05, 3.63) is 58.4 Å². The number of hydrogen-bond donors (Lipinski definition) is 0. The molecule has 27 heavy (non-hydrogen) atoms. The first-order valence-corrected chi connectivity index (χ1v) is 10.2. The lowest BCUT2D eigenvalue weighted by molar-refractivity contribution is -0.116. The predicted molar refractivity (Wildman–Crippen MR) is 105 cm³/mol. The normalized spacial score (nSPS) is 16.6. The van der Waals surface area contributed by atoms with Gasteiger partial charge >= 0.3 is 0 Å². The molecular formula is C20H18ClFN2O2S. The Bertz CT molecular complexity index is 915. The minimum atomic E-state index is -0.414. The molecule has 0 bridgehead atoms. The van der Waals surface area contributed by atoms with Crippen molar-refractivity contribution in [1.29, 1.82) is 0 Å². The van der Waals surface area contributed by atoms with E-state index in [0.29, 0.717) is 22.6 Å². The van der Waals surface area contributed by atoms with Crippen LogP contribution in [-0.2, 0) is 11.3 Å². The fraction of sp³-hybridized carbons (Fsp3) is 0.300. The van der Waals surface area contributed by atoms with Gasteiger partial charge in [-0.05, 0) is 48.7 Å². The van der Waals surface area contributed by atoms with Crippen LogP contribution in [0.15, 0.2) is 41.3 Å². The zero-order valence-electron chi connectivity index (χ0n) is 14.6. The van der Waals surface area contributed by atoms with Gasteiger partial charge in [0.25, 0.3) is 5.91 Å². The fourth-order valence-electron chi connectivity index (χ4n) is 3.43. The second-order valence-electron chi connectivity index (χ2n) is 6.69. The number of halogens is 2. The summed E-state index contributed by atoms with van der Waals surface area (Å²) in [6, 6.07) is 9.68. The van der Waals surface area contributed by atoms with Crippen LogP contribution in [-0.4, -0.2) is 35.6 Å². The van der Waals surface area contributed by atoms with Crippen LogP contribution < -0.4 is 4.90 Å². The van der Waals surface area contributed by atoms with Crippen LogP contribution in [0.25, 0.3) is 0 Å². The van der Waals surface area contributed by atoms with Gasteiger partial charge in [-0.25, -0.2) is 4.39 Å². The van der Waals surface area contributed by atoms with Gasteiger partial charge in [-0.15, -0.1) is 11.8 Å². The minimum absolute atomic E-state index is 0.00177. The fourth-order valence-corrected chi connectivity index (χ4v) is 4.57. The molecule has 2 aromatic rings. The van der Waals surface area contributed by atoms with E-state index < -0.39 is 5.82 Å². The van der Waals surface area contributed by atoms with Crippen molar-refractivity contribution in [3.63, 3.8) is 0 Å². The lowest BCUT2D eigenvalue weighted by atomic mass is 10.1. The zero-order chi connectivity index (χ0) is 19.0. The van der Waals surface area contributed by atoms with Gasteiger partial charge in [0.15, 0.2) is 0 Å². The molecule has 2 amide bonds. The molecule has 0 spiro atoms. The monoisotopic (exact) mass is 404 g/mol. The molecule has 7 heteroatoms. The summed E-state index contributed by atoms with van der Waals surface area (Å²) in [5.74, 6) is -0.148. The lowest BCUT2D eigenvalue weighted by Gasteiger charge is -2.30. The Morgan fingerprint density at radius 3 is 2.67 bits per heavy atom. The van der Waals surface area contributed by atoms with Crippen LogP contribution >= 0.6 is 23.4 Å². The maximum absolute atomic E-state index is 13.3. The molecule has 2 aliphatic heterocycles. The molecule has 0 N–H and O–H groups in total. The van der Waals surface area contributed by atoms with Crippen LogP contribution in [0, 0.1) is 5.82 Å². The number of carbonyl (C=O) groups excluding carboxylic acids is 2. The topological polar surface area (TPSA) is 40.6 Å². The highest BCUT2D eigenvalue weighted by Gasteiger charge is 2.28. The molecule has 0 atom stereocenters. The highest BCUT2D eigenvalue weighted by atomic mass is 35.5. The molecule has 1 fully saturated rings. The van der Waals surface area contributed by atoms with Crippen LogP contribution in [0.4, 0.5) is 10.1 Å². The second kappa shape index (κ2) is 7.52. The van der Waals surface area contributed by atoms with E-state index in [1.54, 1.807) is 17.0 Å². The number of nitrogens with zero attached hydrogens (tertiary/aromatic N) is 2. The first-order chi connectivity index (χ1) is 13.0. The van der Waals surface area contributed by atoms with Gasteiger partial charge in [0.2, 0.25) is 5.91 Å². The van der Waals surface area contributed by atoms with E-state index in [4.69, 9.17) is 11.6 Å². The highest BCUT2D eigenvalue weighted by Crippen LogP contribution is 2.37. The number of benzene rings is 2. The lowest BCUT2D eigenvalue weighted by Crippen LogP contribution is -2.35. The van der Waals surface area contributed by atoms with Crippen molar-refractivity contribution in [3.8, 4) is 0 Å². The van der Waals surface area contributed by atoms with E-state index in [2.05, 4.69) is 0 Å². The molecular weight excluding hydrogens is 387 g/mol. The van der Waals surface area contributed by atoms with Crippen molar-refractivity contribution in [2.45, 2.75) is 24.3 Å². The third-order valence-electron chi connectivity index (χ3n) is 4.89. The molecule has 2 heterocycles. The highest BCUT2D eigenvalue weighted by molar-refractivity contribution is 8.00. The average molecular weight is 405 g/mol. The summed E-state index contributed by atoms with van der Waals surface area (Å²) in [5.41, 5.74) is 1.96. The summed E-state index contributed by atoms with van der Waals surface area (Å²) < 4.78 is 13.3. The average Bonchev–Trinajstić information content (AvgIpc) is 3.19.